The minimum Gasteiger partial charge on any atom is -0.465 e. The van der Waals surface area contributed by atoms with Gasteiger partial charge in [0.1, 0.15) is 0 Å². The molecule has 0 radical (unpaired) electrons. The zero-order valence-electron chi connectivity index (χ0n) is 13.6. The molecule has 8 nitrogen and oxygen atoms in total. The summed E-state index contributed by atoms with van der Waals surface area (Å²) in [6, 6.07) is 10.7. The van der Waals surface area contributed by atoms with Gasteiger partial charge < -0.3 is 4.74 Å². The van der Waals surface area contributed by atoms with Crippen molar-refractivity contribution in [3.8, 4) is 0 Å². The lowest BCUT2D eigenvalue weighted by atomic mass is 10.2. The molecule has 0 aliphatic rings. The minimum absolute atomic E-state index is 0.0628. The fourth-order valence-corrected chi connectivity index (χ4v) is 3.80. The van der Waals surface area contributed by atoms with Crippen molar-refractivity contribution in [2.24, 2.45) is 0 Å². The maximum atomic E-state index is 12.9. The van der Waals surface area contributed by atoms with Crippen molar-refractivity contribution in [2.75, 3.05) is 18.0 Å². The molecule has 0 amide bonds. The van der Waals surface area contributed by atoms with Crippen LogP contribution in [-0.2, 0) is 14.8 Å². The number of carbonyl (C=O) groups is 1. The Morgan fingerprint density at radius 2 is 1.76 bits per heavy atom. The van der Waals surface area contributed by atoms with E-state index in [-0.39, 0.29) is 28.4 Å². The molecular formula is C16H16N2O6S. The van der Waals surface area contributed by atoms with Crippen molar-refractivity contribution >= 4 is 27.4 Å². The van der Waals surface area contributed by atoms with Gasteiger partial charge >= 0.3 is 5.97 Å². The Balaban J connectivity index is 2.53. The fourth-order valence-electron chi connectivity index (χ4n) is 2.31. The Hall–Kier alpha value is -2.94. The van der Waals surface area contributed by atoms with Gasteiger partial charge in [-0.2, -0.15) is 0 Å². The summed E-state index contributed by atoms with van der Waals surface area (Å²) in [5, 5.41) is 10.7. The van der Waals surface area contributed by atoms with E-state index in [0.29, 0.717) is 0 Å². The molecule has 2 aromatic rings. The van der Waals surface area contributed by atoms with Gasteiger partial charge in [-0.15, -0.1) is 0 Å². The first-order chi connectivity index (χ1) is 11.8. The predicted octanol–water partition coefficient (Wildman–Crippen LogP) is 2.60. The number of para-hydroxylation sites is 1. The molecule has 0 bridgehead atoms. The van der Waals surface area contributed by atoms with E-state index in [4.69, 9.17) is 4.74 Å². The molecule has 2 rings (SSSR count). The van der Waals surface area contributed by atoms with Gasteiger partial charge in [-0.05, 0) is 31.2 Å². The average Bonchev–Trinajstić information content (AvgIpc) is 2.62. The van der Waals surface area contributed by atoms with E-state index in [1.54, 1.807) is 19.1 Å². The second-order valence-electron chi connectivity index (χ2n) is 4.93. The zero-order valence-corrected chi connectivity index (χ0v) is 14.4. The largest absolute Gasteiger partial charge is 0.465 e. The SMILES string of the molecule is CCN(c1ccccc1C(=O)OC)S(=O)(=O)c1ccc([N+](=O)[O-])cc1. The summed E-state index contributed by atoms with van der Waals surface area (Å²) in [5.74, 6) is -0.659. The number of ether oxygens (including phenoxy) is 1. The molecule has 0 spiro atoms. The molecule has 0 atom stereocenters. The summed E-state index contributed by atoms with van der Waals surface area (Å²) < 4.78 is 31.6. The van der Waals surface area contributed by atoms with Crippen LogP contribution < -0.4 is 4.31 Å². The number of sulfonamides is 1. The van der Waals surface area contributed by atoms with Gasteiger partial charge in [-0.1, -0.05) is 12.1 Å². The molecular weight excluding hydrogens is 348 g/mol. The lowest BCUT2D eigenvalue weighted by Crippen LogP contribution is -2.32. The molecule has 0 aromatic heterocycles. The highest BCUT2D eigenvalue weighted by molar-refractivity contribution is 7.92. The summed E-state index contributed by atoms with van der Waals surface area (Å²) >= 11 is 0. The number of rotatable bonds is 6. The summed E-state index contributed by atoms with van der Waals surface area (Å²) in [7, 11) is -2.80. The molecule has 9 heteroatoms. The number of hydrogen-bond acceptors (Lipinski definition) is 6. The Morgan fingerprint density at radius 1 is 1.16 bits per heavy atom. The summed E-state index contributed by atoms with van der Waals surface area (Å²) in [6.07, 6.45) is 0. The highest BCUT2D eigenvalue weighted by atomic mass is 32.2. The van der Waals surface area contributed by atoms with E-state index in [0.717, 1.165) is 28.6 Å². The van der Waals surface area contributed by atoms with E-state index in [1.165, 1.54) is 19.2 Å². The standard InChI is InChI=1S/C16H16N2O6S/c1-3-17(15-7-5-4-6-14(15)16(19)24-2)25(22,23)13-10-8-12(9-11-13)18(20)21/h4-11H,3H2,1-2H3. The van der Waals surface area contributed by atoms with Crippen molar-refractivity contribution < 1.29 is 22.9 Å². The zero-order chi connectivity index (χ0) is 18.6. The Labute approximate surface area is 144 Å². The fraction of sp³-hybridized carbons (Fsp3) is 0.188. The molecule has 0 unspecified atom stereocenters. The van der Waals surface area contributed by atoms with Crippen LogP contribution in [0.5, 0.6) is 0 Å². The first-order valence-electron chi connectivity index (χ1n) is 7.27. The molecule has 0 heterocycles. The highest BCUT2D eigenvalue weighted by Crippen LogP contribution is 2.28. The number of non-ortho nitro benzene ring substituents is 1. The van der Waals surface area contributed by atoms with Crippen LogP contribution in [0.4, 0.5) is 11.4 Å². The van der Waals surface area contributed by atoms with Gasteiger partial charge in [-0.3, -0.25) is 14.4 Å². The maximum absolute atomic E-state index is 12.9. The molecule has 0 fully saturated rings. The third kappa shape index (κ3) is 3.61. The Bertz CT molecular complexity index is 893. The average molecular weight is 364 g/mol. The van der Waals surface area contributed by atoms with Crippen molar-refractivity contribution in [1.29, 1.82) is 0 Å². The minimum atomic E-state index is -4.01. The van der Waals surface area contributed by atoms with E-state index >= 15 is 0 Å². The van der Waals surface area contributed by atoms with Gasteiger partial charge in [0.05, 0.1) is 28.2 Å². The highest BCUT2D eigenvalue weighted by Gasteiger charge is 2.27. The van der Waals surface area contributed by atoms with Crippen LogP contribution in [0.1, 0.15) is 17.3 Å². The second-order valence-corrected chi connectivity index (χ2v) is 6.79. The van der Waals surface area contributed by atoms with Gasteiger partial charge in [0.15, 0.2) is 0 Å². The molecule has 132 valence electrons. The number of methoxy groups -OCH3 is 1. The van der Waals surface area contributed by atoms with Crippen LogP contribution in [0, 0.1) is 10.1 Å². The monoisotopic (exact) mass is 364 g/mol. The first-order valence-corrected chi connectivity index (χ1v) is 8.71. The summed E-state index contributed by atoms with van der Waals surface area (Å²) in [5.41, 5.74) is 0.0736. The summed E-state index contributed by atoms with van der Waals surface area (Å²) in [6.45, 7) is 1.68. The molecule has 0 aliphatic carbocycles. The van der Waals surface area contributed by atoms with Crippen LogP contribution in [0.3, 0.4) is 0 Å². The molecule has 0 saturated heterocycles. The predicted molar refractivity (Wildman–Crippen MR) is 91.1 cm³/mol. The van der Waals surface area contributed by atoms with Crippen LogP contribution in [0.2, 0.25) is 0 Å². The number of nitrogens with zero attached hydrogens (tertiary/aromatic N) is 2. The normalized spacial score (nSPS) is 11.0. The smallest absolute Gasteiger partial charge is 0.340 e. The number of esters is 1. The van der Waals surface area contributed by atoms with E-state index in [2.05, 4.69) is 0 Å². The number of hydrogen-bond donors (Lipinski definition) is 0. The first kappa shape index (κ1) is 18.4. The van der Waals surface area contributed by atoms with Crippen molar-refractivity contribution in [2.45, 2.75) is 11.8 Å². The van der Waals surface area contributed by atoms with Gasteiger partial charge in [-0.25, -0.2) is 13.2 Å². The number of nitro benzene ring substituents is 1. The van der Waals surface area contributed by atoms with Gasteiger partial charge in [0, 0.05) is 18.7 Å². The quantitative estimate of drug-likeness (QED) is 0.443. The Morgan fingerprint density at radius 3 is 2.28 bits per heavy atom. The summed E-state index contributed by atoms with van der Waals surface area (Å²) in [4.78, 5) is 21.9. The third-order valence-electron chi connectivity index (χ3n) is 3.50. The van der Waals surface area contributed by atoms with Crippen molar-refractivity contribution in [3.63, 3.8) is 0 Å². The van der Waals surface area contributed by atoms with Crippen molar-refractivity contribution in [1.82, 2.24) is 0 Å². The van der Waals surface area contributed by atoms with Crippen LogP contribution in [-0.4, -0.2) is 33.0 Å². The molecule has 25 heavy (non-hydrogen) atoms. The van der Waals surface area contributed by atoms with E-state index in [9.17, 15) is 23.3 Å². The number of benzene rings is 2. The van der Waals surface area contributed by atoms with Crippen LogP contribution in [0.15, 0.2) is 53.4 Å². The lowest BCUT2D eigenvalue weighted by Gasteiger charge is -2.24. The number of carbonyl (C=O) groups excluding carboxylic acids is 1. The second kappa shape index (κ2) is 7.31. The van der Waals surface area contributed by atoms with Gasteiger partial charge in [0.2, 0.25) is 0 Å². The van der Waals surface area contributed by atoms with Gasteiger partial charge in [0.25, 0.3) is 15.7 Å². The number of nitro groups is 1. The van der Waals surface area contributed by atoms with E-state index in [1.807, 2.05) is 0 Å². The maximum Gasteiger partial charge on any atom is 0.340 e. The van der Waals surface area contributed by atoms with Crippen LogP contribution in [0.25, 0.3) is 0 Å². The Kier molecular flexibility index (Phi) is 5.38. The van der Waals surface area contributed by atoms with Crippen molar-refractivity contribution in [3.05, 3.63) is 64.2 Å². The topological polar surface area (TPSA) is 107 Å². The molecule has 0 aliphatic heterocycles. The lowest BCUT2D eigenvalue weighted by molar-refractivity contribution is -0.384. The molecule has 0 saturated carbocycles. The van der Waals surface area contributed by atoms with Crippen LogP contribution >= 0.6 is 0 Å². The molecule has 0 N–H and O–H groups in total. The molecule has 2 aromatic carbocycles. The number of anilines is 1. The van der Waals surface area contributed by atoms with E-state index < -0.39 is 20.9 Å². The third-order valence-corrected chi connectivity index (χ3v) is 5.40.